The van der Waals surface area contributed by atoms with E-state index in [4.69, 9.17) is 4.74 Å². The quantitative estimate of drug-likeness (QED) is 0.846. The first-order valence-corrected chi connectivity index (χ1v) is 6.85. The van der Waals surface area contributed by atoms with Crippen molar-refractivity contribution in [1.29, 1.82) is 0 Å². The molecule has 110 valence electrons. The summed E-state index contributed by atoms with van der Waals surface area (Å²) in [7, 11) is 1.63. The topological polar surface area (TPSA) is 55.3 Å². The number of benzene rings is 1. The van der Waals surface area contributed by atoms with Gasteiger partial charge in [-0.2, -0.15) is 0 Å². The van der Waals surface area contributed by atoms with E-state index in [1.54, 1.807) is 18.2 Å². The van der Waals surface area contributed by atoms with E-state index in [0.29, 0.717) is 18.8 Å². The predicted molar refractivity (Wildman–Crippen MR) is 80.2 cm³/mol. The van der Waals surface area contributed by atoms with Crippen molar-refractivity contribution in [3.63, 3.8) is 0 Å². The van der Waals surface area contributed by atoms with E-state index in [2.05, 4.69) is 9.97 Å². The molecule has 0 radical (unpaired) electrons. The SMILES string of the molecule is CCN(Cc1ccc(OC)cc1)C(=O)c1cnc(C)cn1. The summed E-state index contributed by atoms with van der Waals surface area (Å²) in [4.78, 5) is 22.4. The minimum absolute atomic E-state index is 0.110. The smallest absolute Gasteiger partial charge is 0.274 e. The number of amides is 1. The van der Waals surface area contributed by atoms with Gasteiger partial charge in [-0.15, -0.1) is 0 Å². The predicted octanol–water partition coefficient (Wildman–Crippen LogP) is 2.46. The van der Waals surface area contributed by atoms with Crippen LogP contribution in [0.1, 0.15) is 28.7 Å². The summed E-state index contributed by atoms with van der Waals surface area (Å²) in [5, 5.41) is 0. The van der Waals surface area contributed by atoms with E-state index in [9.17, 15) is 4.79 Å². The number of carbonyl (C=O) groups excluding carboxylic acids is 1. The Morgan fingerprint density at radius 3 is 2.43 bits per heavy atom. The standard InChI is InChI=1S/C16H19N3O2/c1-4-19(11-13-5-7-14(21-3)8-6-13)16(20)15-10-17-12(2)9-18-15/h5-10H,4,11H2,1-3H3. The van der Waals surface area contributed by atoms with Crippen molar-refractivity contribution in [3.8, 4) is 5.75 Å². The summed E-state index contributed by atoms with van der Waals surface area (Å²) >= 11 is 0. The maximum Gasteiger partial charge on any atom is 0.274 e. The third-order valence-corrected chi connectivity index (χ3v) is 3.20. The van der Waals surface area contributed by atoms with Crippen molar-refractivity contribution in [3.05, 3.63) is 53.6 Å². The number of hydrogen-bond acceptors (Lipinski definition) is 4. The molecule has 5 heteroatoms. The van der Waals surface area contributed by atoms with Crippen LogP contribution in [0.4, 0.5) is 0 Å². The van der Waals surface area contributed by atoms with Crippen LogP contribution in [0.5, 0.6) is 5.75 Å². The molecule has 0 spiro atoms. The minimum atomic E-state index is -0.110. The molecule has 21 heavy (non-hydrogen) atoms. The number of nitrogens with zero attached hydrogens (tertiary/aromatic N) is 3. The van der Waals surface area contributed by atoms with Gasteiger partial charge in [0.1, 0.15) is 11.4 Å². The van der Waals surface area contributed by atoms with Gasteiger partial charge in [0.05, 0.1) is 19.0 Å². The van der Waals surface area contributed by atoms with Crippen molar-refractivity contribution in [2.75, 3.05) is 13.7 Å². The molecule has 2 rings (SSSR count). The molecule has 0 aliphatic carbocycles. The first-order chi connectivity index (χ1) is 10.1. The van der Waals surface area contributed by atoms with Crippen LogP contribution in [0.15, 0.2) is 36.7 Å². The second kappa shape index (κ2) is 6.83. The fourth-order valence-electron chi connectivity index (χ4n) is 1.94. The van der Waals surface area contributed by atoms with Gasteiger partial charge in [-0.3, -0.25) is 9.78 Å². The fourth-order valence-corrected chi connectivity index (χ4v) is 1.94. The van der Waals surface area contributed by atoms with Crippen molar-refractivity contribution < 1.29 is 9.53 Å². The Labute approximate surface area is 124 Å². The maximum atomic E-state index is 12.4. The van der Waals surface area contributed by atoms with E-state index >= 15 is 0 Å². The molecule has 1 amide bonds. The van der Waals surface area contributed by atoms with Crippen LogP contribution in [0.2, 0.25) is 0 Å². The lowest BCUT2D eigenvalue weighted by Gasteiger charge is -2.20. The van der Waals surface area contributed by atoms with Crippen LogP contribution in [0.25, 0.3) is 0 Å². The van der Waals surface area contributed by atoms with Gasteiger partial charge in [0.2, 0.25) is 0 Å². The summed E-state index contributed by atoms with van der Waals surface area (Å²) in [6.07, 6.45) is 3.13. The van der Waals surface area contributed by atoms with E-state index in [1.807, 2.05) is 38.1 Å². The zero-order valence-corrected chi connectivity index (χ0v) is 12.5. The van der Waals surface area contributed by atoms with E-state index in [1.165, 1.54) is 6.20 Å². The van der Waals surface area contributed by atoms with Gasteiger partial charge in [-0.05, 0) is 31.5 Å². The Morgan fingerprint density at radius 1 is 1.19 bits per heavy atom. The molecule has 0 aliphatic heterocycles. The number of ether oxygens (including phenoxy) is 1. The average molecular weight is 285 g/mol. The van der Waals surface area contributed by atoms with Gasteiger partial charge in [-0.1, -0.05) is 12.1 Å². The maximum absolute atomic E-state index is 12.4. The lowest BCUT2D eigenvalue weighted by atomic mass is 10.2. The number of rotatable bonds is 5. The lowest BCUT2D eigenvalue weighted by Crippen LogP contribution is -2.31. The van der Waals surface area contributed by atoms with Crippen molar-refractivity contribution >= 4 is 5.91 Å². The number of aromatic nitrogens is 2. The molecule has 5 nitrogen and oxygen atoms in total. The number of aryl methyl sites for hydroxylation is 1. The minimum Gasteiger partial charge on any atom is -0.497 e. The van der Waals surface area contributed by atoms with Crippen LogP contribution >= 0.6 is 0 Å². The van der Waals surface area contributed by atoms with Gasteiger partial charge in [-0.25, -0.2) is 4.98 Å². The number of carbonyl (C=O) groups is 1. The van der Waals surface area contributed by atoms with Crippen LogP contribution in [-0.2, 0) is 6.54 Å². The highest BCUT2D eigenvalue weighted by molar-refractivity contribution is 5.91. The van der Waals surface area contributed by atoms with E-state index in [-0.39, 0.29) is 5.91 Å². The molecule has 0 unspecified atom stereocenters. The Balaban J connectivity index is 2.11. The van der Waals surface area contributed by atoms with Crippen LogP contribution in [0.3, 0.4) is 0 Å². The molecule has 0 saturated carbocycles. The summed E-state index contributed by atoms with van der Waals surface area (Å²) in [6, 6.07) is 7.68. The monoisotopic (exact) mass is 285 g/mol. The molecule has 0 atom stereocenters. The molecular weight excluding hydrogens is 266 g/mol. The molecule has 1 aromatic heterocycles. The Morgan fingerprint density at radius 2 is 1.90 bits per heavy atom. The van der Waals surface area contributed by atoms with Gasteiger partial charge < -0.3 is 9.64 Å². The van der Waals surface area contributed by atoms with Crippen molar-refractivity contribution in [1.82, 2.24) is 14.9 Å². The molecule has 2 aromatic rings. The Hall–Kier alpha value is -2.43. The second-order valence-electron chi connectivity index (χ2n) is 4.71. The van der Waals surface area contributed by atoms with Crippen molar-refractivity contribution in [2.45, 2.75) is 20.4 Å². The molecule has 0 fully saturated rings. The molecule has 0 aliphatic rings. The lowest BCUT2D eigenvalue weighted by molar-refractivity contribution is 0.0746. The van der Waals surface area contributed by atoms with Crippen LogP contribution in [0, 0.1) is 6.92 Å². The summed E-state index contributed by atoms with van der Waals surface area (Å²) in [5.41, 5.74) is 2.21. The fraction of sp³-hybridized carbons (Fsp3) is 0.312. The Kier molecular flexibility index (Phi) is 4.87. The number of methoxy groups -OCH3 is 1. The zero-order chi connectivity index (χ0) is 15.2. The first-order valence-electron chi connectivity index (χ1n) is 6.85. The first kappa shape index (κ1) is 15.0. The molecule has 1 heterocycles. The number of hydrogen-bond donors (Lipinski definition) is 0. The molecule has 1 aromatic carbocycles. The molecule has 0 bridgehead atoms. The largest absolute Gasteiger partial charge is 0.497 e. The molecular formula is C16H19N3O2. The summed E-state index contributed by atoms with van der Waals surface area (Å²) < 4.78 is 5.13. The van der Waals surface area contributed by atoms with E-state index in [0.717, 1.165) is 17.0 Å². The molecule has 0 N–H and O–H groups in total. The van der Waals surface area contributed by atoms with Gasteiger partial charge in [0.25, 0.3) is 5.91 Å². The van der Waals surface area contributed by atoms with Crippen LogP contribution < -0.4 is 4.74 Å². The normalized spacial score (nSPS) is 10.2. The highest BCUT2D eigenvalue weighted by atomic mass is 16.5. The zero-order valence-electron chi connectivity index (χ0n) is 12.5. The van der Waals surface area contributed by atoms with Crippen molar-refractivity contribution in [2.24, 2.45) is 0 Å². The van der Waals surface area contributed by atoms with Gasteiger partial charge in [0.15, 0.2) is 0 Å². The molecule has 0 saturated heterocycles. The highest BCUT2D eigenvalue weighted by Crippen LogP contribution is 2.14. The third-order valence-electron chi connectivity index (χ3n) is 3.20. The summed E-state index contributed by atoms with van der Waals surface area (Å²) in [5.74, 6) is 0.693. The van der Waals surface area contributed by atoms with Gasteiger partial charge >= 0.3 is 0 Å². The average Bonchev–Trinajstić information content (AvgIpc) is 2.53. The second-order valence-corrected chi connectivity index (χ2v) is 4.71. The van der Waals surface area contributed by atoms with Gasteiger partial charge in [0, 0.05) is 19.3 Å². The summed E-state index contributed by atoms with van der Waals surface area (Å²) in [6.45, 7) is 4.94. The third kappa shape index (κ3) is 3.78. The van der Waals surface area contributed by atoms with Crippen LogP contribution in [-0.4, -0.2) is 34.4 Å². The van der Waals surface area contributed by atoms with E-state index < -0.39 is 0 Å². The Bertz CT molecular complexity index is 594. The highest BCUT2D eigenvalue weighted by Gasteiger charge is 2.16.